The number of carbonyl (C=O) groups excluding carboxylic acids is 1. The SMILES string of the molecule is Cc1cccc(O[C@H](C)C(=O)Nc2cc(C(F)(F)F)ccc2-n2cncn2)c1. The summed E-state index contributed by atoms with van der Waals surface area (Å²) in [5, 5.41) is 6.40. The van der Waals surface area contributed by atoms with Gasteiger partial charge in [-0.15, -0.1) is 0 Å². The van der Waals surface area contributed by atoms with E-state index in [1.54, 1.807) is 18.2 Å². The molecule has 0 radical (unpaired) electrons. The molecule has 1 aromatic heterocycles. The number of carbonyl (C=O) groups is 1. The summed E-state index contributed by atoms with van der Waals surface area (Å²) in [5.74, 6) is -0.106. The van der Waals surface area contributed by atoms with E-state index in [-0.39, 0.29) is 11.4 Å². The normalized spacial score (nSPS) is 12.5. The molecule has 0 aliphatic rings. The van der Waals surface area contributed by atoms with Gasteiger partial charge in [-0.3, -0.25) is 4.79 Å². The molecule has 2 aromatic carbocycles. The van der Waals surface area contributed by atoms with E-state index in [2.05, 4.69) is 15.4 Å². The number of hydrogen-bond acceptors (Lipinski definition) is 4. The second-order valence-electron chi connectivity index (χ2n) is 6.14. The Kier molecular flexibility index (Phi) is 5.34. The summed E-state index contributed by atoms with van der Waals surface area (Å²) in [6.45, 7) is 3.39. The van der Waals surface area contributed by atoms with E-state index < -0.39 is 23.8 Å². The maximum atomic E-state index is 13.1. The number of nitrogens with zero attached hydrogens (tertiary/aromatic N) is 3. The van der Waals surface area contributed by atoms with Crippen LogP contribution in [0, 0.1) is 6.92 Å². The fraction of sp³-hybridized carbons (Fsp3) is 0.211. The average molecular weight is 390 g/mol. The number of amides is 1. The quantitative estimate of drug-likeness (QED) is 0.715. The number of anilines is 1. The first-order valence-corrected chi connectivity index (χ1v) is 8.34. The zero-order valence-corrected chi connectivity index (χ0v) is 15.1. The van der Waals surface area contributed by atoms with Crippen molar-refractivity contribution in [3.8, 4) is 11.4 Å². The lowest BCUT2D eigenvalue weighted by Crippen LogP contribution is -2.30. The summed E-state index contributed by atoms with van der Waals surface area (Å²) in [4.78, 5) is 16.3. The highest BCUT2D eigenvalue weighted by Crippen LogP contribution is 2.33. The lowest BCUT2D eigenvalue weighted by Gasteiger charge is -2.18. The number of alkyl halides is 3. The molecule has 0 aliphatic heterocycles. The maximum Gasteiger partial charge on any atom is 0.416 e. The van der Waals surface area contributed by atoms with Crippen molar-refractivity contribution in [3.05, 3.63) is 66.2 Å². The van der Waals surface area contributed by atoms with Crippen LogP contribution in [0.2, 0.25) is 0 Å². The van der Waals surface area contributed by atoms with Crippen molar-refractivity contribution in [1.82, 2.24) is 14.8 Å². The molecule has 0 saturated carbocycles. The molecule has 3 rings (SSSR count). The third-order valence-electron chi connectivity index (χ3n) is 3.92. The predicted molar refractivity (Wildman–Crippen MR) is 96.3 cm³/mol. The molecular formula is C19H17F3N4O2. The van der Waals surface area contributed by atoms with Gasteiger partial charge in [0.2, 0.25) is 0 Å². The number of hydrogen-bond donors (Lipinski definition) is 1. The summed E-state index contributed by atoms with van der Waals surface area (Å²) >= 11 is 0. The van der Waals surface area contributed by atoms with E-state index in [1.165, 1.54) is 30.3 Å². The number of nitrogens with one attached hydrogen (secondary N) is 1. The van der Waals surface area contributed by atoms with Gasteiger partial charge < -0.3 is 10.1 Å². The van der Waals surface area contributed by atoms with Gasteiger partial charge in [0.1, 0.15) is 18.4 Å². The molecule has 1 heterocycles. The third kappa shape index (κ3) is 4.48. The highest BCUT2D eigenvalue weighted by molar-refractivity contribution is 5.96. The van der Waals surface area contributed by atoms with E-state index in [9.17, 15) is 18.0 Å². The molecule has 0 spiro atoms. The Balaban J connectivity index is 1.85. The molecule has 0 unspecified atom stereocenters. The van der Waals surface area contributed by atoms with Crippen LogP contribution in [0.1, 0.15) is 18.1 Å². The summed E-state index contributed by atoms with van der Waals surface area (Å²) in [7, 11) is 0. The molecule has 0 aliphatic carbocycles. The van der Waals surface area contributed by atoms with Gasteiger partial charge >= 0.3 is 6.18 Å². The summed E-state index contributed by atoms with van der Waals surface area (Å²) in [6, 6.07) is 10.1. The minimum Gasteiger partial charge on any atom is -0.481 e. The fourth-order valence-corrected chi connectivity index (χ4v) is 2.53. The van der Waals surface area contributed by atoms with Crippen LogP contribution in [0.15, 0.2) is 55.1 Å². The van der Waals surface area contributed by atoms with Crippen molar-refractivity contribution in [3.63, 3.8) is 0 Å². The minimum absolute atomic E-state index is 0.0509. The lowest BCUT2D eigenvalue weighted by atomic mass is 10.1. The number of rotatable bonds is 5. The highest BCUT2D eigenvalue weighted by Gasteiger charge is 2.31. The van der Waals surface area contributed by atoms with Crippen molar-refractivity contribution in [2.75, 3.05) is 5.32 Å². The van der Waals surface area contributed by atoms with Gasteiger partial charge in [-0.05, 0) is 49.7 Å². The zero-order chi connectivity index (χ0) is 20.3. The number of aromatic nitrogens is 3. The first-order chi connectivity index (χ1) is 13.2. The van der Waals surface area contributed by atoms with Crippen LogP contribution in [0.25, 0.3) is 5.69 Å². The molecule has 1 N–H and O–H groups in total. The van der Waals surface area contributed by atoms with E-state index in [1.807, 2.05) is 13.0 Å². The van der Waals surface area contributed by atoms with Crippen LogP contribution >= 0.6 is 0 Å². The van der Waals surface area contributed by atoms with Crippen molar-refractivity contribution in [1.29, 1.82) is 0 Å². The Morgan fingerprint density at radius 3 is 2.64 bits per heavy atom. The minimum atomic E-state index is -4.55. The molecule has 146 valence electrons. The fourth-order valence-electron chi connectivity index (χ4n) is 2.53. The van der Waals surface area contributed by atoms with Crippen LogP contribution in [-0.4, -0.2) is 26.8 Å². The van der Waals surface area contributed by atoms with Crippen molar-refractivity contribution in [2.24, 2.45) is 0 Å². The molecule has 0 saturated heterocycles. The molecule has 6 nitrogen and oxygen atoms in total. The number of ether oxygens (including phenoxy) is 1. The van der Waals surface area contributed by atoms with Crippen LogP contribution in [0.4, 0.5) is 18.9 Å². The van der Waals surface area contributed by atoms with Gasteiger partial charge in [0.15, 0.2) is 6.10 Å². The second-order valence-corrected chi connectivity index (χ2v) is 6.14. The first-order valence-electron chi connectivity index (χ1n) is 8.34. The molecule has 1 atom stereocenters. The molecule has 1 amide bonds. The van der Waals surface area contributed by atoms with E-state index in [0.717, 1.165) is 17.7 Å². The predicted octanol–water partition coefficient (Wildman–Crippen LogP) is 4.00. The molecular weight excluding hydrogens is 373 g/mol. The van der Waals surface area contributed by atoms with Crippen LogP contribution in [-0.2, 0) is 11.0 Å². The van der Waals surface area contributed by atoms with Crippen molar-refractivity contribution >= 4 is 11.6 Å². The molecule has 28 heavy (non-hydrogen) atoms. The van der Waals surface area contributed by atoms with Gasteiger partial charge in [0.05, 0.1) is 16.9 Å². The maximum absolute atomic E-state index is 13.1. The largest absolute Gasteiger partial charge is 0.481 e. The Bertz CT molecular complexity index is 972. The summed E-state index contributed by atoms with van der Waals surface area (Å²) in [5.41, 5.74) is 0.266. The van der Waals surface area contributed by atoms with Crippen molar-refractivity contribution in [2.45, 2.75) is 26.1 Å². The first kappa shape index (κ1) is 19.4. The van der Waals surface area contributed by atoms with Gasteiger partial charge in [0, 0.05) is 0 Å². The molecule has 3 aromatic rings. The standard InChI is InChI=1S/C19H17F3N4O2/c1-12-4-3-5-15(8-12)28-13(2)18(27)25-16-9-14(19(20,21)22)6-7-17(16)26-11-23-10-24-26/h3-11,13H,1-2H3,(H,25,27)/t13-/m1/s1. The monoisotopic (exact) mass is 390 g/mol. The molecule has 9 heteroatoms. The average Bonchev–Trinajstić information content (AvgIpc) is 3.15. The van der Waals surface area contributed by atoms with Crippen LogP contribution in [0.3, 0.4) is 0 Å². The lowest BCUT2D eigenvalue weighted by molar-refractivity contribution is -0.137. The number of aryl methyl sites for hydroxylation is 1. The smallest absolute Gasteiger partial charge is 0.416 e. The van der Waals surface area contributed by atoms with Gasteiger partial charge in [-0.2, -0.15) is 18.3 Å². The zero-order valence-electron chi connectivity index (χ0n) is 15.1. The molecule has 0 fully saturated rings. The Hall–Kier alpha value is -3.36. The Morgan fingerprint density at radius 1 is 1.21 bits per heavy atom. The van der Waals surface area contributed by atoms with Crippen LogP contribution in [0.5, 0.6) is 5.75 Å². The second kappa shape index (κ2) is 7.71. The van der Waals surface area contributed by atoms with Gasteiger partial charge in [0.25, 0.3) is 5.91 Å². The van der Waals surface area contributed by atoms with Gasteiger partial charge in [-0.25, -0.2) is 9.67 Å². The van der Waals surface area contributed by atoms with E-state index in [4.69, 9.17) is 4.74 Å². The highest BCUT2D eigenvalue weighted by atomic mass is 19.4. The number of benzene rings is 2. The van der Waals surface area contributed by atoms with E-state index >= 15 is 0 Å². The third-order valence-corrected chi connectivity index (χ3v) is 3.92. The summed E-state index contributed by atoms with van der Waals surface area (Å²) in [6.07, 6.45) is -2.92. The Labute approximate surface area is 159 Å². The van der Waals surface area contributed by atoms with Crippen molar-refractivity contribution < 1.29 is 22.7 Å². The van der Waals surface area contributed by atoms with E-state index in [0.29, 0.717) is 5.75 Å². The Morgan fingerprint density at radius 2 is 2.00 bits per heavy atom. The number of halogens is 3. The summed E-state index contributed by atoms with van der Waals surface area (Å²) < 4.78 is 46.1. The topological polar surface area (TPSA) is 69.0 Å². The van der Waals surface area contributed by atoms with Crippen LogP contribution < -0.4 is 10.1 Å². The molecule has 0 bridgehead atoms. The van der Waals surface area contributed by atoms with Gasteiger partial charge in [-0.1, -0.05) is 12.1 Å².